The second kappa shape index (κ2) is 10.8. The molecule has 2 saturated heterocycles. The summed E-state index contributed by atoms with van der Waals surface area (Å²) in [7, 11) is -3.15. The van der Waals surface area contributed by atoms with Crippen molar-refractivity contribution in [3.8, 4) is 5.75 Å². The van der Waals surface area contributed by atoms with Crippen molar-refractivity contribution in [2.45, 2.75) is 18.4 Å². The van der Waals surface area contributed by atoms with Gasteiger partial charge >= 0.3 is 0 Å². The van der Waals surface area contributed by atoms with E-state index in [1.807, 2.05) is 41.1 Å². The molecule has 0 spiro atoms. The van der Waals surface area contributed by atoms with E-state index in [-0.39, 0.29) is 6.10 Å². The fraction of sp³-hybridized carbons (Fsp3) is 0.400. The molecule has 5 rings (SSSR count). The number of anilines is 1. The molecule has 2 aromatic carbocycles. The van der Waals surface area contributed by atoms with Crippen molar-refractivity contribution >= 4 is 38.9 Å². The number of imidazole rings is 1. The SMILES string of the molecule is CS(=O)(=O)N1CCN(c2ccc(OCC3COC(Cn4ccnc4)(c4ccc(Cl)cc4Cl)O3)cc2)CC1. The van der Waals surface area contributed by atoms with Gasteiger partial charge in [-0.15, -0.1) is 0 Å². The second-order valence-corrected chi connectivity index (χ2v) is 11.9. The van der Waals surface area contributed by atoms with Gasteiger partial charge in [0, 0.05) is 54.8 Å². The number of rotatable bonds is 8. The summed E-state index contributed by atoms with van der Waals surface area (Å²) in [6, 6.07) is 13.0. The van der Waals surface area contributed by atoms with Gasteiger partial charge in [-0.05, 0) is 36.4 Å². The van der Waals surface area contributed by atoms with Gasteiger partial charge in [-0.25, -0.2) is 13.4 Å². The van der Waals surface area contributed by atoms with Crippen LogP contribution in [0.3, 0.4) is 0 Å². The van der Waals surface area contributed by atoms with Crippen LogP contribution in [0.15, 0.2) is 61.2 Å². The van der Waals surface area contributed by atoms with Gasteiger partial charge in [0.15, 0.2) is 0 Å². The monoisotopic (exact) mass is 566 g/mol. The third-order valence-corrected chi connectivity index (χ3v) is 8.35. The predicted molar refractivity (Wildman–Crippen MR) is 142 cm³/mol. The molecule has 2 atom stereocenters. The molecule has 2 unspecified atom stereocenters. The molecule has 12 heteroatoms. The minimum Gasteiger partial charge on any atom is -0.491 e. The summed E-state index contributed by atoms with van der Waals surface area (Å²) in [6.45, 7) is 3.24. The Morgan fingerprint density at radius 3 is 2.51 bits per heavy atom. The quantitative estimate of drug-likeness (QED) is 0.411. The van der Waals surface area contributed by atoms with Crippen LogP contribution in [0.25, 0.3) is 0 Å². The number of benzene rings is 2. The van der Waals surface area contributed by atoms with E-state index in [1.54, 1.807) is 24.7 Å². The van der Waals surface area contributed by atoms with Gasteiger partial charge < -0.3 is 23.7 Å². The number of piperazine rings is 1. The zero-order chi connectivity index (χ0) is 26.0. The maximum absolute atomic E-state index is 11.7. The fourth-order valence-corrected chi connectivity index (χ4v) is 5.97. The van der Waals surface area contributed by atoms with Gasteiger partial charge in [0.05, 0.1) is 30.8 Å². The smallest absolute Gasteiger partial charge is 0.215 e. The average Bonchev–Trinajstić information content (AvgIpc) is 3.53. The molecule has 198 valence electrons. The molecule has 2 aliphatic heterocycles. The Morgan fingerprint density at radius 2 is 1.86 bits per heavy atom. The van der Waals surface area contributed by atoms with E-state index in [1.165, 1.54) is 10.6 Å². The lowest BCUT2D eigenvalue weighted by Gasteiger charge is -2.34. The number of hydrogen-bond donors (Lipinski definition) is 0. The van der Waals surface area contributed by atoms with Crippen LogP contribution in [0.5, 0.6) is 5.75 Å². The van der Waals surface area contributed by atoms with E-state index in [2.05, 4.69) is 9.88 Å². The van der Waals surface area contributed by atoms with Crippen molar-refractivity contribution in [3.05, 3.63) is 76.8 Å². The van der Waals surface area contributed by atoms with Gasteiger partial charge in [0.2, 0.25) is 15.8 Å². The van der Waals surface area contributed by atoms with Crippen LogP contribution in [0.1, 0.15) is 5.56 Å². The minimum absolute atomic E-state index is 0.295. The predicted octanol–water partition coefficient (Wildman–Crippen LogP) is 3.62. The van der Waals surface area contributed by atoms with Gasteiger partial charge in [0.25, 0.3) is 0 Å². The summed E-state index contributed by atoms with van der Waals surface area (Å²) in [4.78, 5) is 6.28. The lowest BCUT2D eigenvalue weighted by atomic mass is 10.1. The zero-order valence-electron chi connectivity index (χ0n) is 20.3. The van der Waals surface area contributed by atoms with Crippen LogP contribution in [0, 0.1) is 0 Å². The lowest BCUT2D eigenvalue weighted by Crippen LogP contribution is -2.48. The summed E-state index contributed by atoms with van der Waals surface area (Å²) < 4.78 is 45.5. The highest BCUT2D eigenvalue weighted by Crippen LogP contribution is 2.40. The molecular weight excluding hydrogens is 539 g/mol. The molecule has 2 fully saturated rings. The van der Waals surface area contributed by atoms with E-state index in [9.17, 15) is 8.42 Å². The molecule has 0 amide bonds. The van der Waals surface area contributed by atoms with Crippen molar-refractivity contribution in [1.82, 2.24) is 13.9 Å². The highest BCUT2D eigenvalue weighted by molar-refractivity contribution is 7.88. The molecule has 0 saturated carbocycles. The molecule has 3 aromatic rings. The number of sulfonamides is 1. The van der Waals surface area contributed by atoms with Gasteiger partial charge in [-0.1, -0.05) is 29.3 Å². The highest BCUT2D eigenvalue weighted by Gasteiger charge is 2.45. The van der Waals surface area contributed by atoms with E-state index in [0.29, 0.717) is 67.3 Å². The number of aromatic nitrogens is 2. The van der Waals surface area contributed by atoms with Crippen LogP contribution >= 0.6 is 23.2 Å². The molecule has 3 heterocycles. The third kappa shape index (κ3) is 6.05. The van der Waals surface area contributed by atoms with Crippen LogP contribution in [-0.2, 0) is 31.8 Å². The lowest BCUT2D eigenvalue weighted by molar-refractivity contribution is -0.189. The van der Waals surface area contributed by atoms with Crippen molar-refractivity contribution in [2.24, 2.45) is 0 Å². The van der Waals surface area contributed by atoms with E-state index in [4.69, 9.17) is 37.4 Å². The number of halogens is 2. The summed E-state index contributed by atoms with van der Waals surface area (Å²) in [5.74, 6) is -0.396. The Kier molecular flexibility index (Phi) is 7.67. The molecular formula is C25H28Cl2N4O5S. The summed E-state index contributed by atoms with van der Waals surface area (Å²) in [6.07, 6.45) is 6.16. The number of hydrogen-bond acceptors (Lipinski definition) is 7. The van der Waals surface area contributed by atoms with Crippen molar-refractivity contribution in [2.75, 3.05) is 50.5 Å². The normalized spacial score (nSPS) is 22.9. The Labute approximate surface area is 226 Å². The molecule has 37 heavy (non-hydrogen) atoms. The standard InChI is InChI=1S/C25H28Cl2N4O5S/c1-37(32,33)31-12-10-30(11-13-31)20-3-5-21(6-4-20)34-15-22-16-35-25(36-22,17-29-9-8-28-18-29)23-7-2-19(26)14-24(23)27/h2-9,14,18,22H,10-13,15-17H2,1H3. The molecule has 0 aliphatic carbocycles. The van der Waals surface area contributed by atoms with Gasteiger partial charge in [-0.3, -0.25) is 0 Å². The van der Waals surface area contributed by atoms with E-state index in [0.717, 1.165) is 5.69 Å². The van der Waals surface area contributed by atoms with E-state index < -0.39 is 15.8 Å². The van der Waals surface area contributed by atoms with Crippen molar-refractivity contribution < 1.29 is 22.6 Å². The van der Waals surface area contributed by atoms with E-state index >= 15 is 0 Å². The third-order valence-electron chi connectivity index (χ3n) is 6.50. The maximum atomic E-state index is 11.7. The average molecular weight is 567 g/mol. The molecule has 2 aliphatic rings. The molecule has 1 aromatic heterocycles. The first kappa shape index (κ1) is 26.3. The first-order valence-electron chi connectivity index (χ1n) is 11.9. The molecule has 0 N–H and O–H groups in total. The summed E-state index contributed by atoms with van der Waals surface area (Å²) in [5.41, 5.74) is 1.72. The molecule has 0 bridgehead atoms. The Hall–Kier alpha value is -2.34. The maximum Gasteiger partial charge on any atom is 0.215 e. The Morgan fingerprint density at radius 1 is 1.11 bits per heavy atom. The highest BCUT2D eigenvalue weighted by atomic mass is 35.5. The van der Waals surface area contributed by atoms with Crippen LogP contribution < -0.4 is 9.64 Å². The fourth-order valence-electron chi connectivity index (χ4n) is 4.60. The zero-order valence-corrected chi connectivity index (χ0v) is 22.6. The first-order valence-corrected chi connectivity index (χ1v) is 14.5. The van der Waals surface area contributed by atoms with Crippen molar-refractivity contribution in [3.63, 3.8) is 0 Å². The Balaban J connectivity index is 1.21. The number of nitrogens with zero attached hydrogens (tertiary/aromatic N) is 4. The number of ether oxygens (including phenoxy) is 3. The van der Waals surface area contributed by atoms with Crippen molar-refractivity contribution in [1.29, 1.82) is 0 Å². The van der Waals surface area contributed by atoms with Crippen LogP contribution in [-0.4, -0.2) is 74.0 Å². The topological polar surface area (TPSA) is 86.1 Å². The first-order chi connectivity index (χ1) is 17.7. The largest absolute Gasteiger partial charge is 0.491 e. The Bertz CT molecular complexity index is 1320. The summed E-state index contributed by atoms with van der Waals surface area (Å²) >= 11 is 12.6. The second-order valence-electron chi connectivity index (χ2n) is 9.12. The molecule has 9 nitrogen and oxygen atoms in total. The van der Waals surface area contributed by atoms with Crippen LogP contribution in [0.2, 0.25) is 10.0 Å². The summed E-state index contributed by atoms with van der Waals surface area (Å²) in [5, 5.41) is 0.993. The molecule has 0 radical (unpaired) electrons. The minimum atomic E-state index is -3.15. The van der Waals surface area contributed by atoms with Gasteiger partial charge in [0.1, 0.15) is 18.5 Å². The van der Waals surface area contributed by atoms with Crippen LogP contribution in [0.4, 0.5) is 5.69 Å². The van der Waals surface area contributed by atoms with Gasteiger partial charge in [-0.2, -0.15) is 4.31 Å².